The summed E-state index contributed by atoms with van der Waals surface area (Å²) in [6.07, 6.45) is 2.06. The molecule has 158 valence electrons. The highest BCUT2D eigenvalue weighted by Gasteiger charge is 2.35. The number of hydrogen-bond donors (Lipinski definition) is 1. The normalized spacial score (nSPS) is 17.7. The molecule has 3 heterocycles. The molecule has 0 radical (unpaired) electrons. The van der Waals surface area contributed by atoms with Gasteiger partial charge < -0.3 is 14.6 Å². The lowest BCUT2D eigenvalue weighted by molar-refractivity contribution is -0.116. The zero-order valence-corrected chi connectivity index (χ0v) is 18.4. The Morgan fingerprint density at radius 2 is 2.07 bits per heavy atom. The third-order valence-corrected chi connectivity index (χ3v) is 8.35. The zero-order valence-electron chi connectivity index (χ0n) is 15.9. The minimum Gasteiger partial charge on any atom is -0.467 e. The maximum absolute atomic E-state index is 13.0. The number of hydrogen-bond acceptors (Lipinski definition) is 9. The molecule has 11 heteroatoms. The van der Waals surface area contributed by atoms with E-state index in [0.29, 0.717) is 28.1 Å². The van der Waals surface area contributed by atoms with Crippen LogP contribution in [-0.2, 0) is 21.2 Å². The fourth-order valence-electron chi connectivity index (χ4n) is 3.23. The molecular weight excluding hydrogens is 444 g/mol. The van der Waals surface area contributed by atoms with Crippen LogP contribution in [0.5, 0.6) is 0 Å². The van der Waals surface area contributed by atoms with Crippen molar-refractivity contribution in [2.45, 2.75) is 23.3 Å². The van der Waals surface area contributed by atoms with Crippen molar-refractivity contribution in [1.29, 1.82) is 0 Å². The minimum absolute atomic E-state index is 0.00203. The van der Waals surface area contributed by atoms with E-state index >= 15 is 0 Å². The maximum atomic E-state index is 13.0. The van der Waals surface area contributed by atoms with Crippen LogP contribution < -0.4 is 10.2 Å². The Morgan fingerprint density at radius 3 is 2.77 bits per heavy atom. The highest BCUT2D eigenvalue weighted by atomic mass is 32.2. The molecule has 1 aromatic carbocycles. The first-order valence-corrected chi connectivity index (χ1v) is 12.9. The second-order valence-corrected chi connectivity index (χ2v) is 11.2. The summed E-state index contributed by atoms with van der Waals surface area (Å²) in [5, 5.41) is 12.0. The summed E-state index contributed by atoms with van der Waals surface area (Å²) in [5.41, 5.74) is 0.711. The Hall–Kier alpha value is -2.37. The van der Waals surface area contributed by atoms with E-state index in [1.807, 2.05) is 42.5 Å². The van der Waals surface area contributed by atoms with Gasteiger partial charge in [-0.3, -0.25) is 4.79 Å². The average Bonchev–Trinajstić information content (AvgIpc) is 3.47. The quantitative estimate of drug-likeness (QED) is 0.507. The average molecular weight is 465 g/mol. The van der Waals surface area contributed by atoms with Crippen LogP contribution in [0, 0.1) is 0 Å². The number of sulfone groups is 1. The fraction of sp³-hybridized carbons (Fsp3) is 0.316. The third kappa shape index (κ3) is 5.21. The predicted molar refractivity (Wildman–Crippen MR) is 118 cm³/mol. The smallest absolute Gasteiger partial charge is 0.237 e. The lowest BCUT2D eigenvalue weighted by Crippen LogP contribution is -2.42. The molecule has 0 spiro atoms. The second kappa shape index (κ2) is 9.19. The van der Waals surface area contributed by atoms with Gasteiger partial charge in [-0.2, -0.15) is 0 Å². The van der Waals surface area contributed by atoms with E-state index in [-0.39, 0.29) is 29.2 Å². The lowest BCUT2D eigenvalue weighted by atomic mass is 10.2. The molecule has 0 aliphatic carbocycles. The van der Waals surface area contributed by atoms with Crippen molar-refractivity contribution in [2.75, 3.05) is 27.5 Å². The van der Waals surface area contributed by atoms with Crippen LogP contribution in [-0.4, -0.2) is 47.8 Å². The highest BCUT2D eigenvalue weighted by molar-refractivity contribution is 8.01. The van der Waals surface area contributed by atoms with E-state index in [4.69, 9.17) is 4.42 Å². The molecule has 1 amide bonds. The van der Waals surface area contributed by atoms with Gasteiger partial charge in [-0.15, -0.1) is 10.2 Å². The molecule has 1 atom stereocenters. The van der Waals surface area contributed by atoms with Gasteiger partial charge in [-0.05, 0) is 30.7 Å². The summed E-state index contributed by atoms with van der Waals surface area (Å²) in [6.45, 7) is 0.503. The molecule has 0 bridgehead atoms. The number of para-hydroxylation sites is 1. The number of anilines is 2. The Kier molecular flexibility index (Phi) is 6.40. The van der Waals surface area contributed by atoms with Crippen molar-refractivity contribution < 1.29 is 17.6 Å². The Morgan fingerprint density at radius 1 is 1.23 bits per heavy atom. The van der Waals surface area contributed by atoms with Gasteiger partial charge >= 0.3 is 0 Å². The van der Waals surface area contributed by atoms with Crippen LogP contribution in [0.25, 0.3) is 0 Å². The van der Waals surface area contributed by atoms with E-state index in [1.165, 1.54) is 23.1 Å². The zero-order chi connectivity index (χ0) is 21.0. The number of carbonyl (C=O) groups is 1. The number of carbonyl (C=O) groups excluding carboxylic acids is 1. The van der Waals surface area contributed by atoms with Crippen molar-refractivity contribution in [1.82, 2.24) is 10.2 Å². The molecule has 1 N–H and O–H groups in total. The van der Waals surface area contributed by atoms with Gasteiger partial charge in [0.05, 0.1) is 36.1 Å². The van der Waals surface area contributed by atoms with E-state index in [1.54, 1.807) is 11.2 Å². The van der Waals surface area contributed by atoms with Gasteiger partial charge in [-0.25, -0.2) is 8.42 Å². The summed E-state index contributed by atoms with van der Waals surface area (Å²) >= 11 is 2.65. The number of amides is 1. The topological polar surface area (TPSA) is 105 Å². The molecule has 1 aliphatic heterocycles. The molecule has 1 fully saturated rings. The molecule has 3 aromatic rings. The largest absolute Gasteiger partial charge is 0.467 e. The summed E-state index contributed by atoms with van der Waals surface area (Å²) in [7, 11) is -3.11. The summed E-state index contributed by atoms with van der Waals surface area (Å²) in [6, 6.07) is 12.5. The SMILES string of the molecule is O=C(CSc1nnc(NCc2ccco2)s1)N(c1ccccc1)C1CCS(=O)(=O)C1. The van der Waals surface area contributed by atoms with Gasteiger partial charge in [0.1, 0.15) is 5.76 Å². The first-order valence-electron chi connectivity index (χ1n) is 9.30. The summed E-state index contributed by atoms with van der Waals surface area (Å²) < 4.78 is 29.8. The van der Waals surface area contributed by atoms with Crippen molar-refractivity contribution in [3.63, 3.8) is 0 Å². The van der Waals surface area contributed by atoms with Crippen molar-refractivity contribution in [2.24, 2.45) is 0 Å². The van der Waals surface area contributed by atoms with Crippen molar-refractivity contribution in [3.05, 3.63) is 54.5 Å². The highest BCUT2D eigenvalue weighted by Crippen LogP contribution is 2.29. The molecule has 2 aromatic heterocycles. The van der Waals surface area contributed by atoms with Crippen LogP contribution in [0.4, 0.5) is 10.8 Å². The molecule has 30 heavy (non-hydrogen) atoms. The first-order chi connectivity index (χ1) is 14.5. The number of aromatic nitrogens is 2. The number of rotatable bonds is 8. The van der Waals surface area contributed by atoms with Crippen LogP contribution in [0.3, 0.4) is 0 Å². The summed E-state index contributed by atoms with van der Waals surface area (Å²) in [4.78, 5) is 14.7. The van der Waals surface area contributed by atoms with Crippen LogP contribution in [0.15, 0.2) is 57.5 Å². The van der Waals surface area contributed by atoms with Crippen LogP contribution in [0.2, 0.25) is 0 Å². The molecule has 4 rings (SSSR count). The van der Waals surface area contributed by atoms with Gasteiger partial charge in [-0.1, -0.05) is 41.3 Å². The molecule has 1 saturated heterocycles. The fourth-order valence-corrected chi connectivity index (χ4v) is 6.54. The van der Waals surface area contributed by atoms with Gasteiger partial charge in [0.2, 0.25) is 11.0 Å². The number of furan rings is 1. The predicted octanol–water partition coefficient (Wildman–Crippen LogP) is 3.06. The molecule has 8 nitrogen and oxygen atoms in total. The Bertz CT molecular complexity index is 1080. The van der Waals surface area contributed by atoms with Gasteiger partial charge in [0.15, 0.2) is 14.2 Å². The second-order valence-electron chi connectivity index (χ2n) is 6.75. The van der Waals surface area contributed by atoms with Crippen LogP contribution in [0.1, 0.15) is 12.2 Å². The van der Waals surface area contributed by atoms with E-state index < -0.39 is 9.84 Å². The Balaban J connectivity index is 1.39. The van der Waals surface area contributed by atoms with E-state index in [2.05, 4.69) is 15.5 Å². The monoisotopic (exact) mass is 464 g/mol. The van der Waals surface area contributed by atoms with Crippen molar-refractivity contribution in [3.8, 4) is 0 Å². The molecular formula is C19H20N4O4S3. The Labute approximate surface area is 182 Å². The first kappa shape index (κ1) is 20.9. The minimum atomic E-state index is -3.11. The summed E-state index contributed by atoms with van der Waals surface area (Å²) in [5.74, 6) is 0.909. The van der Waals surface area contributed by atoms with E-state index in [0.717, 1.165) is 5.76 Å². The maximum Gasteiger partial charge on any atom is 0.237 e. The van der Waals surface area contributed by atoms with Gasteiger partial charge in [0, 0.05) is 5.69 Å². The van der Waals surface area contributed by atoms with E-state index in [9.17, 15) is 13.2 Å². The molecule has 1 aliphatic rings. The standard InChI is InChI=1S/C19H20N4O4S3/c24-17(12-28-19-22-21-18(29-19)20-11-16-7-4-9-27-16)23(14-5-2-1-3-6-14)15-8-10-30(25,26)13-15/h1-7,9,15H,8,10-13H2,(H,20,21). The third-order valence-electron chi connectivity index (χ3n) is 4.60. The number of benzene rings is 1. The number of nitrogens with zero attached hydrogens (tertiary/aromatic N) is 3. The lowest BCUT2D eigenvalue weighted by Gasteiger charge is -2.28. The number of thioether (sulfide) groups is 1. The van der Waals surface area contributed by atoms with Gasteiger partial charge in [0.25, 0.3) is 0 Å². The number of nitrogens with one attached hydrogen (secondary N) is 1. The van der Waals surface area contributed by atoms with Crippen LogP contribution >= 0.6 is 23.1 Å². The molecule has 0 saturated carbocycles. The van der Waals surface area contributed by atoms with Crippen molar-refractivity contribution >= 4 is 49.7 Å². The molecule has 1 unspecified atom stereocenters.